The summed E-state index contributed by atoms with van der Waals surface area (Å²) in [5.74, 6) is 0.875. The van der Waals surface area contributed by atoms with Gasteiger partial charge in [0.25, 0.3) is 0 Å². The van der Waals surface area contributed by atoms with Crippen molar-refractivity contribution in [3.63, 3.8) is 0 Å². The molecular formula is C15H21NOS. The summed E-state index contributed by atoms with van der Waals surface area (Å²) >= 11 is 1.91. The summed E-state index contributed by atoms with van der Waals surface area (Å²) < 4.78 is 0. The van der Waals surface area contributed by atoms with Gasteiger partial charge < -0.3 is 5.73 Å². The van der Waals surface area contributed by atoms with Crippen molar-refractivity contribution in [3.8, 4) is 0 Å². The molecule has 2 rings (SSSR count). The number of benzene rings is 1. The average molecular weight is 263 g/mol. The van der Waals surface area contributed by atoms with E-state index < -0.39 is 0 Å². The smallest absolute Gasteiger partial charge is 0.161 e. The molecule has 0 heterocycles. The minimum atomic E-state index is 0.0374. The Balaban J connectivity index is 2.05. The number of thioether (sulfide) groups is 1. The van der Waals surface area contributed by atoms with Gasteiger partial charge in [0.05, 0.1) is 0 Å². The maximum Gasteiger partial charge on any atom is 0.161 e. The molecule has 2 N–H and O–H groups in total. The number of Topliss-reactive ketones (excluding diaryl/α,β-unsaturated/α-hetero) is 1. The zero-order valence-corrected chi connectivity index (χ0v) is 11.9. The van der Waals surface area contributed by atoms with Crippen molar-refractivity contribution in [2.24, 2.45) is 5.92 Å². The zero-order chi connectivity index (χ0) is 13.1. The highest BCUT2D eigenvalue weighted by atomic mass is 32.2. The molecular weight excluding hydrogens is 242 g/mol. The second kappa shape index (κ2) is 5.79. The van der Waals surface area contributed by atoms with Crippen LogP contribution in [0, 0.1) is 5.92 Å². The fraction of sp³-hybridized carbons (Fsp3) is 0.533. The predicted octanol–water partition coefficient (Wildman–Crippen LogP) is 4.14. The Morgan fingerprint density at radius 2 is 2.17 bits per heavy atom. The molecule has 0 amide bonds. The third-order valence-electron chi connectivity index (χ3n) is 3.59. The summed E-state index contributed by atoms with van der Waals surface area (Å²) in [6.45, 7) is 3.89. The van der Waals surface area contributed by atoms with E-state index in [2.05, 4.69) is 6.92 Å². The zero-order valence-electron chi connectivity index (χ0n) is 11.1. The van der Waals surface area contributed by atoms with Crippen LogP contribution in [0.1, 0.15) is 49.9 Å². The number of carbonyl (C=O) groups is 1. The van der Waals surface area contributed by atoms with Gasteiger partial charge in [-0.05, 0) is 43.9 Å². The normalized spacial score (nSPS) is 23.9. The quantitative estimate of drug-likeness (QED) is 0.658. The van der Waals surface area contributed by atoms with Gasteiger partial charge in [0.15, 0.2) is 5.78 Å². The fourth-order valence-electron chi connectivity index (χ4n) is 2.61. The average Bonchev–Trinajstić information content (AvgIpc) is 2.28. The molecule has 18 heavy (non-hydrogen) atoms. The van der Waals surface area contributed by atoms with Crippen molar-refractivity contribution in [2.45, 2.75) is 49.7 Å². The molecule has 2 unspecified atom stereocenters. The van der Waals surface area contributed by atoms with Crippen LogP contribution in [0.5, 0.6) is 0 Å². The highest BCUT2D eigenvalue weighted by Crippen LogP contribution is 2.36. The van der Waals surface area contributed by atoms with Crippen molar-refractivity contribution in [2.75, 3.05) is 5.73 Å². The van der Waals surface area contributed by atoms with Gasteiger partial charge in [-0.1, -0.05) is 19.8 Å². The Kier molecular flexibility index (Phi) is 4.33. The molecule has 1 aromatic carbocycles. The highest BCUT2D eigenvalue weighted by Gasteiger charge is 2.20. The lowest BCUT2D eigenvalue weighted by molar-refractivity contribution is 0.101. The minimum absolute atomic E-state index is 0.0374. The number of rotatable bonds is 3. The van der Waals surface area contributed by atoms with Crippen LogP contribution in [0.3, 0.4) is 0 Å². The van der Waals surface area contributed by atoms with Gasteiger partial charge in [0, 0.05) is 21.4 Å². The van der Waals surface area contributed by atoms with E-state index in [9.17, 15) is 4.79 Å². The molecule has 0 saturated heterocycles. The van der Waals surface area contributed by atoms with Crippen LogP contribution >= 0.6 is 11.8 Å². The summed E-state index contributed by atoms with van der Waals surface area (Å²) in [5, 5.41) is 0.705. The van der Waals surface area contributed by atoms with Gasteiger partial charge in [-0.2, -0.15) is 0 Å². The third kappa shape index (κ3) is 3.29. The van der Waals surface area contributed by atoms with Gasteiger partial charge in [-0.3, -0.25) is 4.79 Å². The van der Waals surface area contributed by atoms with Crippen molar-refractivity contribution in [1.29, 1.82) is 0 Å². The first-order valence-electron chi connectivity index (χ1n) is 6.63. The molecule has 0 radical (unpaired) electrons. The molecule has 2 nitrogen and oxygen atoms in total. The Bertz CT molecular complexity index is 444. The first-order valence-corrected chi connectivity index (χ1v) is 7.51. The molecule has 1 saturated carbocycles. The van der Waals surface area contributed by atoms with Crippen LogP contribution in [0.15, 0.2) is 23.1 Å². The number of hydrogen-bond donors (Lipinski definition) is 1. The van der Waals surface area contributed by atoms with E-state index >= 15 is 0 Å². The summed E-state index contributed by atoms with van der Waals surface area (Å²) in [6.07, 6.45) is 5.28. The molecule has 3 heteroatoms. The van der Waals surface area contributed by atoms with Gasteiger partial charge in [0.2, 0.25) is 0 Å². The molecule has 98 valence electrons. The van der Waals surface area contributed by atoms with Crippen LogP contribution in [0.25, 0.3) is 0 Å². The molecule has 2 atom stereocenters. The van der Waals surface area contributed by atoms with Gasteiger partial charge >= 0.3 is 0 Å². The Hall–Kier alpha value is -0.960. The van der Waals surface area contributed by atoms with Gasteiger partial charge in [0.1, 0.15) is 0 Å². The third-order valence-corrected chi connectivity index (χ3v) is 4.88. The van der Waals surface area contributed by atoms with E-state index in [1.165, 1.54) is 30.6 Å². The monoisotopic (exact) mass is 263 g/mol. The van der Waals surface area contributed by atoms with Crippen molar-refractivity contribution >= 4 is 23.2 Å². The lowest BCUT2D eigenvalue weighted by Crippen LogP contribution is -2.14. The van der Waals surface area contributed by atoms with E-state index in [4.69, 9.17) is 5.73 Å². The number of hydrogen-bond acceptors (Lipinski definition) is 3. The number of ketones is 1. The first kappa shape index (κ1) is 13.5. The van der Waals surface area contributed by atoms with E-state index in [1.807, 2.05) is 30.0 Å². The van der Waals surface area contributed by atoms with Crippen molar-refractivity contribution in [1.82, 2.24) is 0 Å². The molecule has 0 bridgehead atoms. The summed E-state index contributed by atoms with van der Waals surface area (Å²) in [5.41, 5.74) is 7.16. The van der Waals surface area contributed by atoms with Crippen molar-refractivity contribution in [3.05, 3.63) is 23.8 Å². The molecule has 1 fully saturated rings. The van der Waals surface area contributed by atoms with Crippen LogP contribution in [0.2, 0.25) is 0 Å². The first-order chi connectivity index (χ1) is 8.56. The fourth-order valence-corrected chi connectivity index (χ4v) is 4.05. The van der Waals surface area contributed by atoms with Crippen LogP contribution in [-0.2, 0) is 0 Å². The standard InChI is InChI=1S/C15H21NOS/c1-10-4-3-5-12(8-10)18-13-6-7-14(11(2)17)15(16)9-13/h6-7,9-10,12H,3-5,8,16H2,1-2H3. The molecule has 0 aliphatic heterocycles. The Labute approximate surface area is 113 Å². The summed E-state index contributed by atoms with van der Waals surface area (Å²) in [6, 6.07) is 5.82. The van der Waals surface area contributed by atoms with Crippen molar-refractivity contribution < 1.29 is 4.79 Å². The van der Waals surface area contributed by atoms with E-state index in [0.29, 0.717) is 16.5 Å². The van der Waals surface area contributed by atoms with E-state index in [0.717, 1.165) is 5.92 Å². The SMILES string of the molecule is CC(=O)c1ccc(SC2CCCC(C)C2)cc1N. The minimum Gasteiger partial charge on any atom is -0.398 e. The second-order valence-corrected chi connectivity index (χ2v) is 6.69. The largest absolute Gasteiger partial charge is 0.398 e. The Morgan fingerprint density at radius 1 is 1.39 bits per heavy atom. The van der Waals surface area contributed by atoms with E-state index in [-0.39, 0.29) is 5.78 Å². The highest BCUT2D eigenvalue weighted by molar-refractivity contribution is 8.00. The molecule has 1 aromatic rings. The number of nitrogens with two attached hydrogens (primary N) is 1. The van der Waals surface area contributed by atoms with Gasteiger partial charge in [-0.25, -0.2) is 0 Å². The lowest BCUT2D eigenvalue weighted by Gasteiger charge is -2.26. The van der Waals surface area contributed by atoms with E-state index in [1.54, 1.807) is 6.92 Å². The Morgan fingerprint density at radius 3 is 2.78 bits per heavy atom. The number of carbonyl (C=O) groups excluding carboxylic acids is 1. The summed E-state index contributed by atoms with van der Waals surface area (Å²) in [4.78, 5) is 12.5. The second-order valence-electron chi connectivity index (χ2n) is 5.32. The van der Waals surface area contributed by atoms with Crippen LogP contribution < -0.4 is 5.73 Å². The van der Waals surface area contributed by atoms with Gasteiger partial charge in [-0.15, -0.1) is 11.8 Å². The number of nitrogen functional groups attached to an aromatic ring is 1. The lowest BCUT2D eigenvalue weighted by atomic mass is 9.91. The summed E-state index contributed by atoms with van der Waals surface area (Å²) in [7, 11) is 0. The topological polar surface area (TPSA) is 43.1 Å². The molecule has 1 aliphatic rings. The molecule has 1 aliphatic carbocycles. The number of anilines is 1. The maximum atomic E-state index is 11.3. The molecule has 0 spiro atoms. The van der Waals surface area contributed by atoms with Crippen LogP contribution in [-0.4, -0.2) is 11.0 Å². The molecule has 0 aromatic heterocycles. The van der Waals surface area contributed by atoms with Crippen LogP contribution in [0.4, 0.5) is 5.69 Å². The predicted molar refractivity (Wildman–Crippen MR) is 78.1 cm³/mol. The maximum absolute atomic E-state index is 11.3.